The number of hydrogen-bond donors (Lipinski definition) is 1. The highest BCUT2D eigenvalue weighted by Gasteiger charge is 2.37. The van der Waals surface area contributed by atoms with E-state index in [1.54, 1.807) is 12.1 Å². The Labute approximate surface area is 158 Å². The molecule has 3 rings (SSSR count). The van der Waals surface area contributed by atoms with Gasteiger partial charge in [-0.3, -0.25) is 4.90 Å². The second kappa shape index (κ2) is 8.03. The smallest absolute Gasteiger partial charge is 0.396 e. The van der Waals surface area contributed by atoms with Crippen molar-refractivity contribution in [3.8, 4) is 0 Å². The minimum Gasteiger partial charge on any atom is -0.396 e. The van der Waals surface area contributed by atoms with Gasteiger partial charge in [-0.1, -0.05) is 42.5 Å². The molecular formula is C22H26F3NO. The van der Waals surface area contributed by atoms with E-state index in [0.717, 1.165) is 31.9 Å². The first-order valence-corrected chi connectivity index (χ1v) is 9.36. The zero-order chi connectivity index (χ0) is 19.5. The van der Waals surface area contributed by atoms with Crippen molar-refractivity contribution >= 4 is 0 Å². The van der Waals surface area contributed by atoms with E-state index in [1.807, 2.05) is 12.1 Å². The summed E-state index contributed by atoms with van der Waals surface area (Å²) in [5.74, 6) is 0. The number of rotatable bonds is 5. The van der Waals surface area contributed by atoms with Crippen LogP contribution in [0.2, 0.25) is 0 Å². The molecule has 0 spiro atoms. The van der Waals surface area contributed by atoms with Gasteiger partial charge >= 0.3 is 6.18 Å². The number of benzene rings is 2. The zero-order valence-electron chi connectivity index (χ0n) is 15.6. The number of piperidine rings is 1. The molecule has 2 nitrogen and oxygen atoms in total. The van der Waals surface area contributed by atoms with Gasteiger partial charge in [-0.05, 0) is 55.5 Å². The number of alkyl halides is 3. The first-order chi connectivity index (χ1) is 12.8. The minimum atomic E-state index is -4.35. The third-order valence-electron chi connectivity index (χ3n) is 5.62. The molecule has 1 atom stereocenters. The van der Waals surface area contributed by atoms with Gasteiger partial charge in [0.05, 0.1) is 12.2 Å². The predicted octanol–water partition coefficient (Wildman–Crippen LogP) is 4.83. The number of likely N-dealkylation sites (tertiary alicyclic amines) is 1. The molecule has 0 aliphatic carbocycles. The van der Waals surface area contributed by atoms with Crippen molar-refractivity contribution in [2.24, 2.45) is 5.41 Å². The van der Waals surface area contributed by atoms with Crippen LogP contribution in [0.1, 0.15) is 35.1 Å². The van der Waals surface area contributed by atoms with Crippen molar-refractivity contribution in [1.29, 1.82) is 0 Å². The van der Waals surface area contributed by atoms with Crippen LogP contribution in [-0.4, -0.2) is 29.7 Å². The van der Waals surface area contributed by atoms with Crippen molar-refractivity contribution in [1.82, 2.24) is 4.90 Å². The molecule has 0 bridgehead atoms. The van der Waals surface area contributed by atoms with Crippen LogP contribution in [0.3, 0.4) is 0 Å². The summed E-state index contributed by atoms with van der Waals surface area (Å²) >= 11 is 0. The normalized spacial score (nSPS) is 21.4. The number of hydrogen-bond acceptors (Lipinski definition) is 2. The molecule has 146 valence electrons. The van der Waals surface area contributed by atoms with Crippen LogP contribution in [0.5, 0.6) is 0 Å². The molecule has 1 aliphatic rings. The molecule has 1 saturated heterocycles. The Bertz CT molecular complexity index is 774. The Morgan fingerprint density at radius 1 is 1.04 bits per heavy atom. The second-order valence-corrected chi connectivity index (χ2v) is 7.73. The van der Waals surface area contributed by atoms with Crippen LogP contribution in [0.25, 0.3) is 0 Å². The third kappa shape index (κ3) is 4.71. The van der Waals surface area contributed by atoms with Gasteiger partial charge in [0.1, 0.15) is 0 Å². The average molecular weight is 377 g/mol. The van der Waals surface area contributed by atoms with E-state index in [9.17, 15) is 18.3 Å². The maximum Gasteiger partial charge on any atom is 0.416 e. The first-order valence-electron chi connectivity index (χ1n) is 9.36. The molecule has 1 heterocycles. The second-order valence-electron chi connectivity index (χ2n) is 7.73. The fourth-order valence-corrected chi connectivity index (χ4v) is 4.16. The lowest BCUT2D eigenvalue weighted by Gasteiger charge is -2.42. The quantitative estimate of drug-likeness (QED) is 0.807. The van der Waals surface area contributed by atoms with Gasteiger partial charge in [-0.15, -0.1) is 0 Å². The van der Waals surface area contributed by atoms with Gasteiger partial charge in [0.2, 0.25) is 0 Å². The SMILES string of the molecule is Cc1ccccc1C[C@]1(CO)CCCN(Cc2ccccc2C(F)(F)F)C1. The Kier molecular flexibility index (Phi) is 5.92. The molecule has 1 N–H and O–H groups in total. The third-order valence-corrected chi connectivity index (χ3v) is 5.62. The van der Waals surface area contributed by atoms with Crippen LogP contribution >= 0.6 is 0 Å². The van der Waals surface area contributed by atoms with E-state index in [4.69, 9.17) is 0 Å². The molecule has 0 saturated carbocycles. The van der Waals surface area contributed by atoms with Crippen molar-refractivity contribution in [2.45, 2.75) is 38.9 Å². The fraction of sp³-hybridized carbons (Fsp3) is 0.455. The number of aliphatic hydroxyl groups excluding tert-OH is 1. The summed E-state index contributed by atoms with van der Waals surface area (Å²) in [6.45, 7) is 3.70. The van der Waals surface area contributed by atoms with Crippen LogP contribution in [0.15, 0.2) is 48.5 Å². The Morgan fingerprint density at radius 2 is 1.70 bits per heavy atom. The van der Waals surface area contributed by atoms with E-state index >= 15 is 0 Å². The van der Waals surface area contributed by atoms with Crippen molar-refractivity contribution in [3.63, 3.8) is 0 Å². The molecule has 5 heteroatoms. The van der Waals surface area contributed by atoms with E-state index in [2.05, 4.69) is 24.0 Å². The molecule has 0 aromatic heterocycles. The van der Waals surface area contributed by atoms with Crippen molar-refractivity contribution < 1.29 is 18.3 Å². The summed E-state index contributed by atoms with van der Waals surface area (Å²) < 4.78 is 39.9. The van der Waals surface area contributed by atoms with E-state index < -0.39 is 11.7 Å². The molecule has 2 aromatic rings. The van der Waals surface area contributed by atoms with Gasteiger partial charge in [-0.25, -0.2) is 0 Å². The average Bonchev–Trinajstić information content (AvgIpc) is 2.63. The summed E-state index contributed by atoms with van der Waals surface area (Å²) in [4.78, 5) is 2.06. The van der Waals surface area contributed by atoms with Crippen LogP contribution in [0, 0.1) is 12.3 Å². The van der Waals surface area contributed by atoms with Gasteiger partial charge in [-0.2, -0.15) is 13.2 Å². The molecule has 1 aliphatic heterocycles. The molecule has 2 aromatic carbocycles. The molecule has 0 amide bonds. The number of halogens is 3. The van der Waals surface area contributed by atoms with Crippen molar-refractivity contribution in [2.75, 3.05) is 19.7 Å². The van der Waals surface area contributed by atoms with E-state index in [0.29, 0.717) is 12.1 Å². The Morgan fingerprint density at radius 3 is 2.37 bits per heavy atom. The molecule has 0 unspecified atom stereocenters. The maximum atomic E-state index is 13.3. The summed E-state index contributed by atoms with van der Waals surface area (Å²) in [6.07, 6.45) is -1.84. The lowest BCUT2D eigenvalue weighted by molar-refractivity contribution is -0.138. The summed E-state index contributed by atoms with van der Waals surface area (Å²) in [6, 6.07) is 13.9. The topological polar surface area (TPSA) is 23.5 Å². The first kappa shape index (κ1) is 19.9. The van der Waals surface area contributed by atoms with Gasteiger partial charge in [0.25, 0.3) is 0 Å². The van der Waals surface area contributed by atoms with Crippen LogP contribution < -0.4 is 0 Å². The Hall–Kier alpha value is -1.85. The van der Waals surface area contributed by atoms with E-state index in [-0.39, 0.29) is 18.6 Å². The molecular weight excluding hydrogens is 351 g/mol. The zero-order valence-corrected chi connectivity index (χ0v) is 15.6. The van der Waals surface area contributed by atoms with Gasteiger partial charge in [0.15, 0.2) is 0 Å². The highest BCUT2D eigenvalue weighted by Crippen LogP contribution is 2.36. The number of nitrogens with zero attached hydrogens (tertiary/aromatic N) is 1. The van der Waals surface area contributed by atoms with Crippen LogP contribution in [-0.2, 0) is 19.1 Å². The predicted molar refractivity (Wildman–Crippen MR) is 100 cm³/mol. The van der Waals surface area contributed by atoms with Crippen molar-refractivity contribution in [3.05, 3.63) is 70.8 Å². The largest absolute Gasteiger partial charge is 0.416 e. The van der Waals surface area contributed by atoms with Gasteiger partial charge in [0, 0.05) is 18.5 Å². The monoisotopic (exact) mass is 377 g/mol. The highest BCUT2D eigenvalue weighted by atomic mass is 19.4. The fourth-order valence-electron chi connectivity index (χ4n) is 4.16. The Balaban J connectivity index is 1.78. The number of aliphatic hydroxyl groups is 1. The lowest BCUT2D eigenvalue weighted by atomic mass is 9.75. The van der Waals surface area contributed by atoms with Gasteiger partial charge < -0.3 is 5.11 Å². The lowest BCUT2D eigenvalue weighted by Crippen LogP contribution is -2.46. The standard InChI is InChI=1S/C22H26F3NO/c1-17-7-2-3-8-18(17)13-21(16-27)11-6-12-26(15-21)14-19-9-4-5-10-20(19)22(23,24)25/h2-5,7-10,27H,6,11-16H2,1H3/t21-/m1/s1. The molecule has 1 fully saturated rings. The summed E-state index contributed by atoms with van der Waals surface area (Å²) in [5, 5.41) is 10.2. The van der Waals surface area contributed by atoms with E-state index in [1.165, 1.54) is 17.2 Å². The number of aryl methyl sites for hydroxylation is 1. The highest BCUT2D eigenvalue weighted by molar-refractivity contribution is 5.30. The molecule has 0 radical (unpaired) electrons. The van der Waals surface area contributed by atoms with Crippen LogP contribution in [0.4, 0.5) is 13.2 Å². The molecule has 27 heavy (non-hydrogen) atoms. The minimum absolute atomic E-state index is 0.0404. The summed E-state index contributed by atoms with van der Waals surface area (Å²) in [5.41, 5.74) is 1.81. The maximum absolute atomic E-state index is 13.3. The summed E-state index contributed by atoms with van der Waals surface area (Å²) in [7, 11) is 0.